The molecular weight excluding hydrogens is 816 g/mol. The van der Waals surface area contributed by atoms with Gasteiger partial charge in [0.15, 0.2) is 46.0 Å². The fraction of sp³-hybridized carbons (Fsp3) is 0.227. The minimum absolute atomic E-state index is 0.0161. The van der Waals surface area contributed by atoms with Crippen molar-refractivity contribution in [3.8, 4) is 46.0 Å². The van der Waals surface area contributed by atoms with E-state index in [0.29, 0.717) is 0 Å². The van der Waals surface area contributed by atoms with Gasteiger partial charge in [-0.2, -0.15) is 0 Å². The van der Waals surface area contributed by atoms with Crippen LogP contribution >= 0.6 is 0 Å². The zero-order valence-corrected chi connectivity index (χ0v) is 33.5. The van der Waals surface area contributed by atoms with Crippen molar-refractivity contribution in [2.45, 2.75) is 24.0 Å². The van der Waals surface area contributed by atoms with Gasteiger partial charge in [-0.1, -0.05) is 13.2 Å². The maximum atomic E-state index is 13.4. The summed E-state index contributed by atoms with van der Waals surface area (Å²) in [6.07, 6.45) is 0.120. The number of carbonyl (C=O) groups excluding carboxylic acids is 4. The molecule has 0 aromatic heterocycles. The van der Waals surface area contributed by atoms with Crippen LogP contribution in [0.1, 0.15) is 64.4 Å². The average molecular weight is 855 g/mol. The Labute approximate surface area is 352 Å². The lowest BCUT2D eigenvalue weighted by atomic mass is 9.84. The smallest absolute Gasteiger partial charge is 0.343 e. The first-order valence-corrected chi connectivity index (χ1v) is 18.4. The fourth-order valence-electron chi connectivity index (χ4n) is 7.22. The normalized spacial score (nSPS) is 17.4. The molecule has 0 aliphatic carbocycles. The molecule has 0 amide bonds. The third-order valence-corrected chi connectivity index (χ3v) is 9.94. The Kier molecular flexibility index (Phi) is 13.2. The maximum Gasteiger partial charge on any atom is 0.343 e. The van der Waals surface area contributed by atoms with E-state index in [4.69, 9.17) is 47.4 Å². The molecular formula is C44H38O18. The Balaban J connectivity index is 1.31. The van der Waals surface area contributed by atoms with Crippen LogP contribution in [-0.2, 0) is 19.1 Å². The zero-order valence-electron chi connectivity index (χ0n) is 33.5. The topological polar surface area (TPSA) is 235 Å². The molecule has 2 N–H and O–H groups in total. The Hall–Kier alpha value is -7.70. The molecule has 0 unspecified atom stereocenters. The quantitative estimate of drug-likeness (QED) is 0.0815. The van der Waals surface area contributed by atoms with Crippen LogP contribution in [0.15, 0.2) is 86.0 Å². The first-order chi connectivity index (χ1) is 29.8. The summed E-state index contributed by atoms with van der Waals surface area (Å²) < 4.78 is 56.1. The Morgan fingerprint density at radius 2 is 0.903 bits per heavy atom. The maximum absolute atomic E-state index is 13.4. The van der Waals surface area contributed by atoms with Gasteiger partial charge in [0, 0.05) is 35.1 Å². The number of methoxy groups -OCH3 is 4. The van der Waals surface area contributed by atoms with E-state index in [9.17, 15) is 39.0 Å². The molecule has 2 heterocycles. The molecule has 4 aromatic carbocycles. The van der Waals surface area contributed by atoms with Gasteiger partial charge in [-0.25, -0.2) is 28.8 Å². The molecule has 0 radical (unpaired) electrons. The number of fused-ring (bicyclic) bond motifs is 1. The molecule has 0 saturated carbocycles. The third-order valence-electron chi connectivity index (χ3n) is 9.94. The van der Waals surface area contributed by atoms with Gasteiger partial charge in [-0.05, 0) is 60.7 Å². The number of esters is 4. The standard InChI is InChI=1S/C44H38O18/c1-7-33(45)59-27-13-9-21(17-31(27)53-3)43(51)61-29-15-11-23(41(47)48)35(39(29)55-5)25-19-57-38-26(20-58-37(25)38)36-24(42(49)50)12-16-30(40(36)56-6)62-44(52)22-10-14-28(32(18-22)54-4)60-34(46)8-2/h7-18,25-26,37-38H,1-2,19-20H2,3-6H3,(H,47,48)(H,49,50)/t25-,26+,37-,38-/m0/s1. The van der Waals surface area contributed by atoms with Crippen molar-refractivity contribution in [1.82, 2.24) is 0 Å². The molecule has 0 bridgehead atoms. The molecule has 2 aliphatic heterocycles. The van der Waals surface area contributed by atoms with Gasteiger partial charge in [0.05, 0.1) is 76.1 Å². The van der Waals surface area contributed by atoms with Crippen molar-refractivity contribution in [2.75, 3.05) is 41.7 Å². The molecule has 4 aromatic rings. The van der Waals surface area contributed by atoms with E-state index >= 15 is 0 Å². The average Bonchev–Trinajstić information content (AvgIpc) is 3.88. The van der Waals surface area contributed by atoms with E-state index in [1.807, 2.05) is 0 Å². The van der Waals surface area contributed by atoms with E-state index < -0.39 is 59.9 Å². The van der Waals surface area contributed by atoms with Gasteiger partial charge in [-0.3, -0.25) is 0 Å². The van der Waals surface area contributed by atoms with Gasteiger partial charge in [0.2, 0.25) is 0 Å². The van der Waals surface area contributed by atoms with E-state index in [-0.39, 0.29) is 92.6 Å². The Bertz CT molecular complexity index is 2320. The van der Waals surface area contributed by atoms with Gasteiger partial charge in [0.25, 0.3) is 0 Å². The van der Waals surface area contributed by atoms with E-state index in [2.05, 4.69) is 13.2 Å². The van der Waals surface area contributed by atoms with E-state index in [0.717, 1.165) is 12.2 Å². The number of carboxylic acid groups (broad SMARTS) is 2. The second-order valence-electron chi connectivity index (χ2n) is 13.3. The summed E-state index contributed by atoms with van der Waals surface area (Å²) in [7, 11) is 5.13. The zero-order chi connectivity index (χ0) is 44.8. The Morgan fingerprint density at radius 3 is 1.23 bits per heavy atom. The molecule has 2 aliphatic rings. The van der Waals surface area contributed by atoms with Crippen molar-refractivity contribution >= 4 is 35.8 Å². The fourth-order valence-corrected chi connectivity index (χ4v) is 7.22. The highest BCUT2D eigenvalue weighted by molar-refractivity contribution is 5.96. The molecule has 322 valence electrons. The summed E-state index contributed by atoms with van der Waals surface area (Å²) in [5.41, 5.74) is -0.290. The molecule has 18 heteroatoms. The van der Waals surface area contributed by atoms with Crippen molar-refractivity contribution < 1.29 is 86.3 Å². The Morgan fingerprint density at radius 1 is 0.532 bits per heavy atom. The lowest BCUT2D eigenvalue weighted by Crippen LogP contribution is -2.27. The number of rotatable bonds is 16. The summed E-state index contributed by atoms with van der Waals surface area (Å²) in [6.45, 7) is 6.43. The molecule has 2 fully saturated rings. The van der Waals surface area contributed by atoms with E-state index in [1.54, 1.807) is 0 Å². The highest BCUT2D eigenvalue weighted by Gasteiger charge is 2.52. The number of hydrogen-bond acceptors (Lipinski definition) is 16. The van der Waals surface area contributed by atoms with Gasteiger partial charge in [-0.15, -0.1) is 0 Å². The van der Waals surface area contributed by atoms with Crippen LogP contribution in [0.3, 0.4) is 0 Å². The van der Waals surface area contributed by atoms with Gasteiger partial charge in [0.1, 0.15) is 0 Å². The SMILES string of the molecule is C=CC(=O)Oc1ccc(C(=O)Oc2ccc(C(=O)O)c([C@H]3CO[C@@H]4[C@H]3OC[C@H]4c3c(C(=O)O)ccc(OC(=O)c4ccc(OC(=O)C=C)c(OC)c4)c3OC)c2OC)cc1OC. The number of carbonyl (C=O) groups is 6. The predicted molar refractivity (Wildman–Crippen MR) is 212 cm³/mol. The largest absolute Gasteiger partial charge is 0.493 e. The summed E-state index contributed by atoms with van der Waals surface area (Å²) in [5, 5.41) is 20.6. The van der Waals surface area contributed by atoms with Crippen molar-refractivity contribution in [3.05, 3.63) is 119 Å². The van der Waals surface area contributed by atoms with Gasteiger partial charge >= 0.3 is 35.8 Å². The summed E-state index contributed by atoms with van der Waals surface area (Å²) in [6, 6.07) is 12.8. The van der Waals surface area contributed by atoms with Crippen molar-refractivity contribution in [3.63, 3.8) is 0 Å². The minimum Gasteiger partial charge on any atom is -0.493 e. The summed E-state index contributed by atoms with van der Waals surface area (Å²) >= 11 is 0. The molecule has 62 heavy (non-hydrogen) atoms. The third kappa shape index (κ3) is 8.63. The second-order valence-corrected chi connectivity index (χ2v) is 13.3. The van der Waals surface area contributed by atoms with Crippen LogP contribution in [0.25, 0.3) is 0 Å². The van der Waals surface area contributed by atoms with Crippen LogP contribution < -0.4 is 37.9 Å². The predicted octanol–water partition coefficient (Wildman–Crippen LogP) is 5.40. The number of benzene rings is 4. The summed E-state index contributed by atoms with van der Waals surface area (Å²) in [4.78, 5) is 75.7. The van der Waals surface area contributed by atoms with Crippen LogP contribution in [0.2, 0.25) is 0 Å². The molecule has 18 nitrogen and oxygen atoms in total. The lowest BCUT2D eigenvalue weighted by molar-refractivity contribution is -0.130. The van der Waals surface area contributed by atoms with Crippen molar-refractivity contribution in [1.29, 1.82) is 0 Å². The van der Waals surface area contributed by atoms with Crippen LogP contribution in [-0.4, -0.2) is 99.9 Å². The number of hydrogen-bond donors (Lipinski definition) is 2. The van der Waals surface area contributed by atoms with E-state index in [1.165, 1.54) is 89.1 Å². The van der Waals surface area contributed by atoms with Crippen LogP contribution in [0.4, 0.5) is 0 Å². The first-order valence-electron chi connectivity index (χ1n) is 18.4. The summed E-state index contributed by atoms with van der Waals surface area (Å²) in [5.74, 6) is -8.06. The van der Waals surface area contributed by atoms with Crippen LogP contribution in [0, 0.1) is 0 Å². The van der Waals surface area contributed by atoms with Crippen LogP contribution in [0.5, 0.6) is 46.0 Å². The lowest BCUT2D eigenvalue weighted by Gasteiger charge is -2.23. The first kappa shape index (κ1) is 43.9. The molecule has 2 saturated heterocycles. The highest BCUT2D eigenvalue weighted by atomic mass is 16.6. The monoisotopic (exact) mass is 854 g/mol. The number of aromatic carboxylic acids is 2. The highest BCUT2D eigenvalue weighted by Crippen LogP contribution is 2.52. The molecule has 4 atom stereocenters. The molecule has 6 rings (SSSR count). The van der Waals surface area contributed by atoms with Crippen molar-refractivity contribution in [2.24, 2.45) is 0 Å². The number of carboxylic acids is 2. The van der Waals surface area contributed by atoms with Gasteiger partial charge < -0.3 is 57.6 Å². The second kappa shape index (κ2) is 18.7. The molecule has 0 spiro atoms. The number of ether oxygens (including phenoxy) is 10. The minimum atomic E-state index is -1.34.